The number of carbonyl (C=O) groups excluding carboxylic acids is 2. The van der Waals surface area contributed by atoms with Crippen LogP contribution in [0.4, 0.5) is 0 Å². The van der Waals surface area contributed by atoms with Crippen LogP contribution in [0.3, 0.4) is 0 Å². The topological polar surface area (TPSA) is 79.7 Å². The predicted molar refractivity (Wildman–Crippen MR) is 97.5 cm³/mol. The Morgan fingerprint density at radius 3 is 2.54 bits per heavy atom. The summed E-state index contributed by atoms with van der Waals surface area (Å²) >= 11 is 1.29. The molecule has 1 aromatic carbocycles. The first-order valence-corrected chi connectivity index (χ1v) is 8.61. The quantitative estimate of drug-likeness (QED) is 0.487. The van der Waals surface area contributed by atoms with Crippen molar-refractivity contribution in [1.82, 2.24) is 9.78 Å². The molecule has 0 radical (unpaired) electrons. The minimum Gasteiger partial charge on any atom is -0.493 e. The summed E-state index contributed by atoms with van der Waals surface area (Å²) in [6.45, 7) is 1.53. The highest BCUT2D eigenvalue weighted by atomic mass is 32.1. The number of carbonyl (C=O) groups is 2. The molecule has 7 nitrogen and oxygen atoms in total. The van der Waals surface area contributed by atoms with Gasteiger partial charge in [0.05, 0.1) is 19.9 Å². The molecule has 0 amide bonds. The molecule has 3 rings (SSSR count). The summed E-state index contributed by atoms with van der Waals surface area (Å²) in [6.07, 6.45) is 0. The van der Waals surface area contributed by atoms with Crippen LogP contribution < -0.4 is 9.47 Å². The van der Waals surface area contributed by atoms with E-state index in [4.69, 9.17) is 14.2 Å². The maximum absolute atomic E-state index is 12.3. The number of aryl methyl sites for hydroxylation is 2. The highest BCUT2D eigenvalue weighted by Gasteiger charge is 2.18. The van der Waals surface area contributed by atoms with Gasteiger partial charge in [-0.2, -0.15) is 5.10 Å². The second-order valence-corrected chi connectivity index (χ2v) is 6.64. The third-order valence-corrected chi connectivity index (χ3v) is 5.12. The normalized spacial score (nSPS) is 10.8. The van der Waals surface area contributed by atoms with E-state index in [1.54, 1.807) is 28.9 Å². The molecule has 3 aromatic rings. The fourth-order valence-corrected chi connectivity index (χ4v) is 3.62. The number of rotatable bonds is 6. The fourth-order valence-electron chi connectivity index (χ4n) is 2.60. The highest BCUT2D eigenvalue weighted by molar-refractivity contribution is 7.20. The molecule has 136 valence electrons. The number of hydrogen-bond donors (Lipinski definition) is 0. The van der Waals surface area contributed by atoms with Crippen molar-refractivity contribution in [2.75, 3.05) is 20.8 Å². The van der Waals surface area contributed by atoms with Gasteiger partial charge in [-0.1, -0.05) is 0 Å². The first-order valence-electron chi connectivity index (χ1n) is 7.80. The Morgan fingerprint density at radius 2 is 1.88 bits per heavy atom. The molecule has 0 atom stereocenters. The largest absolute Gasteiger partial charge is 0.493 e. The minimum atomic E-state index is -0.528. The molecule has 0 fully saturated rings. The lowest BCUT2D eigenvalue weighted by Crippen LogP contribution is -2.13. The average molecular weight is 374 g/mol. The lowest BCUT2D eigenvalue weighted by molar-refractivity contribution is 0.0479. The number of hydrogen-bond acceptors (Lipinski definition) is 7. The van der Waals surface area contributed by atoms with Gasteiger partial charge in [-0.25, -0.2) is 4.79 Å². The zero-order chi connectivity index (χ0) is 18.8. The van der Waals surface area contributed by atoms with Crippen molar-refractivity contribution in [2.24, 2.45) is 7.05 Å². The van der Waals surface area contributed by atoms with Gasteiger partial charge in [-0.15, -0.1) is 11.3 Å². The van der Waals surface area contributed by atoms with Crippen molar-refractivity contribution in [1.29, 1.82) is 0 Å². The molecule has 0 spiro atoms. The SMILES string of the molecule is COc1ccc(C(=O)COC(=O)c2cc3c(C)nn(C)c3s2)cc1OC. The van der Waals surface area contributed by atoms with E-state index in [1.807, 2.05) is 14.0 Å². The van der Waals surface area contributed by atoms with Crippen molar-refractivity contribution < 1.29 is 23.8 Å². The number of methoxy groups -OCH3 is 2. The molecule has 0 aliphatic rings. The molecular formula is C18H18N2O5S. The number of benzene rings is 1. The Hall–Kier alpha value is -2.87. The highest BCUT2D eigenvalue weighted by Crippen LogP contribution is 2.29. The van der Waals surface area contributed by atoms with Crippen LogP contribution in [0.15, 0.2) is 24.3 Å². The first kappa shape index (κ1) is 17.9. The van der Waals surface area contributed by atoms with Crippen LogP contribution in [0.1, 0.15) is 25.7 Å². The average Bonchev–Trinajstić information content (AvgIpc) is 3.20. The summed E-state index contributed by atoms with van der Waals surface area (Å²) in [6, 6.07) is 6.54. The summed E-state index contributed by atoms with van der Waals surface area (Å²) in [5.41, 5.74) is 1.23. The van der Waals surface area contributed by atoms with Gasteiger partial charge in [0.25, 0.3) is 0 Å². The number of esters is 1. The number of thiophene rings is 1. The molecule has 0 bridgehead atoms. The Morgan fingerprint density at radius 1 is 1.15 bits per heavy atom. The second kappa shape index (κ2) is 7.17. The van der Waals surface area contributed by atoms with E-state index in [9.17, 15) is 9.59 Å². The van der Waals surface area contributed by atoms with Crippen molar-refractivity contribution >= 4 is 33.3 Å². The van der Waals surface area contributed by atoms with Gasteiger partial charge >= 0.3 is 5.97 Å². The van der Waals surface area contributed by atoms with Crippen molar-refractivity contribution in [3.05, 3.63) is 40.4 Å². The second-order valence-electron chi connectivity index (χ2n) is 5.61. The van der Waals surface area contributed by atoms with Crippen LogP contribution in [0.25, 0.3) is 10.2 Å². The van der Waals surface area contributed by atoms with Gasteiger partial charge < -0.3 is 14.2 Å². The third-order valence-electron chi connectivity index (χ3n) is 3.94. The third kappa shape index (κ3) is 3.28. The van der Waals surface area contributed by atoms with Crippen LogP contribution in [-0.4, -0.2) is 42.4 Å². The van der Waals surface area contributed by atoms with Crippen molar-refractivity contribution in [3.63, 3.8) is 0 Å². The van der Waals surface area contributed by atoms with E-state index >= 15 is 0 Å². The molecule has 0 saturated heterocycles. The molecule has 26 heavy (non-hydrogen) atoms. The molecule has 0 N–H and O–H groups in total. The van der Waals surface area contributed by atoms with Crippen LogP contribution >= 0.6 is 11.3 Å². The van der Waals surface area contributed by atoms with Gasteiger partial charge in [0.1, 0.15) is 9.71 Å². The lowest BCUT2D eigenvalue weighted by Gasteiger charge is -2.09. The Labute approximate surface area is 154 Å². The van der Waals surface area contributed by atoms with Crippen LogP contribution in [0, 0.1) is 6.92 Å². The number of aromatic nitrogens is 2. The Kier molecular flexibility index (Phi) is 4.94. The summed E-state index contributed by atoms with van der Waals surface area (Å²) in [4.78, 5) is 25.9. The lowest BCUT2D eigenvalue weighted by atomic mass is 10.1. The Bertz CT molecular complexity index is 955. The fraction of sp³-hybridized carbons (Fsp3) is 0.278. The molecule has 2 heterocycles. The van der Waals surface area contributed by atoms with E-state index < -0.39 is 5.97 Å². The van der Waals surface area contributed by atoms with Gasteiger partial charge in [-0.3, -0.25) is 9.48 Å². The monoisotopic (exact) mass is 374 g/mol. The summed E-state index contributed by atoms with van der Waals surface area (Å²) in [7, 11) is 4.83. The summed E-state index contributed by atoms with van der Waals surface area (Å²) in [5, 5.41) is 5.21. The van der Waals surface area contributed by atoms with Crippen molar-refractivity contribution in [2.45, 2.75) is 6.92 Å². The van der Waals surface area contributed by atoms with Crippen LogP contribution in [0.5, 0.6) is 11.5 Å². The Balaban J connectivity index is 1.70. The molecule has 0 aliphatic heterocycles. The van der Waals surface area contributed by atoms with E-state index in [0.29, 0.717) is 21.9 Å². The number of fused-ring (bicyclic) bond motifs is 1. The van der Waals surface area contributed by atoms with Gasteiger partial charge in [0.2, 0.25) is 0 Å². The minimum absolute atomic E-state index is 0.321. The zero-order valence-electron chi connectivity index (χ0n) is 14.9. The van der Waals surface area contributed by atoms with Crippen LogP contribution in [0.2, 0.25) is 0 Å². The zero-order valence-corrected chi connectivity index (χ0v) is 15.7. The number of Topliss-reactive ketones (excluding diaryl/α,β-unsaturated/α-hetero) is 1. The van der Waals surface area contributed by atoms with Gasteiger partial charge in [-0.05, 0) is 31.2 Å². The van der Waals surface area contributed by atoms with E-state index in [-0.39, 0.29) is 12.4 Å². The smallest absolute Gasteiger partial charge is 0.348 e. The summed E-state index contributed by atoms with van der Waals surface area (Å²) < 4.78 is 17.2. The van der Waals surface area contributed by atoms with Gasteiger partial charge in [0.15, 0.2) is 23.9 Å². The molecule has 2 aromatic heterocycles. The molecule has 0 saturated carbocycles. The van der Waals surface area contributed by atoms with Crippen molar-refractivity contribution in [3.8, 4) is 11.5 Å². The molecular weight excluding hydrogens is 356 g/mol. The molecule has 0 aliphatic carbocycles. The standard InChI is InChI=1S/C18H18N2O5S/c1-10-12-8-16(26-17(12)20(2)19-10)18(22)25-9-13(21)11-5-6-14(23-3)15(7-11)24-4/h5-8H,9H2,1-4H3. The van der Waals surface area contributed by atoms with E-state index in [1.165, 1.54) is 25.6 Å². The van der Waals surface area contributed by atoms with E-state index in [0.717, 1.165) is 15.9 Å². The number of ether oxygens (including phenoxy) is 3. The van der Waals surface area contributed by atoms with E-state index in [2.05, 4.69) is 5.10 Å². The first-order chi connectivity index (χ1) is 12.4. The molecule has 0 unspecified atom stereocenters. The maximum Gasteiger partial charge on any atom is 0.348 e. The molecule has 8 heteroatoms. The maximum atomic E-state index is 12.3. The number of ketones is 1. The van der Waals surface area contributed by atoms with Crippen LogP contribution in [-0.2, 0) is 11.8 Å². The van der Waals surface area contributed by atoms with Gasteiger partial charge in [0, 0.05) is 18.0 Å². The number of nitrogens with zero attached hydrogens (tertiary/aromatic N) is 2. The summed E-state index contributed by atoms with van der Waals surface area (Å²) in [5.74, 6) is 0.116. The predicted octanol–water partition coefficient (Wildman–Crippen LogP) is 3.00.